The summed E-state index contributed by atoms with van der Waals surface area (Å²) in [6.07, 6.45) is 1.76. The first-order valence-electron chi connectivity index (χ1n) is 7.73. The molecule has 0 saturated heterocycles. The van der Waals surface area contributed by atoms with Crippen molar-refractivity contribution in [3.05, 3.63) is 11.4 Å². The van der Waals surface area contributed by atoms with Gasteiger partial charge in [-0.1, -0.05) is 20.8 Å². The van der Waals surface area contributed by atoms with Crippen molar-refractivity contribution in [2.75, 3.05) is 5.32 Å². The largest absolute Gasteiger partial charge is 0.327 e. The van der Waals surface area contributed by atoms with E-state index in [0.717, 1.165) is 29.9 Å². The molecule has 118 valence electrons. The highest BCUT2D eigenvalue weighted by molar-refractivity contribution is 5.94. The van der Waals surface area contributed by atoms with Crippen LogP contribution < -0.4 is 11.1 Å². The molecule has 0 radical (unpaired) electrons. The third kappa shape index (κ3) is 2.71. The molecular weight excluding hydrogens is 264 g/mol. The Bertz CT molecular complexity index is 547. The van der Waals surface area contributed by atoms with E-state index in [-0.39, 0.29) is 23.3 Å². The molecule has 5 nitrogen and oxygen atoms in total. The number of carbonyl (C=O) groups is 1. The van der Waals surface area contributed by atoms with Crippen molar-refractivity contribution in [1.29, 1.82) is 0 Å². The van der Waals surface area contributed by atoms with Gasteiger partial charge in [-0.05, 0) is 38.0 Å². The number of nitrogens with zero attached hydrogens (tertiary/aromatic N) is 2. The molecule has 1 aliphatic carbocycles. The van der Waals surface area contributed by atoms with E-state index in [4.69, 9.17) is 5.73 Å². The molecule has 0 spiro atoms. The molecule has 0 aliphatic heterocycles. The second kappa shape index (κ2) is 5.44. The number of aromatic nitrogens is 2. The Morgan fingerprint density at radius 3 is 2.52 bits per heavy atom. The van der Waals surface area contributed by atoms with E-state index >= 15 is 0 Å². The van der Waals surface area contributed by atoms with Crippen LogP contribution >= 0.6 is 0 Å². The van der Waals surface area contributed by atoms with Crippen LogP contribution in [0.3, 0.4) is 0 Å². The van der Waals surface area contributed by atoms with Gasteiger partial charge in [0.2, 0.25) is 5.91 Å². The lowest BCUT2D eigenvalue weighted by Gasteiger charge is -2.46. The monoisotopic (exact) mass is 292 g/mol. The molecule has 1 heterocycles. The zero-order valence-corrected chi connectivity index (χ0v) is 14.0. The van der Waals surface area contributed by atoms with Crippen molar-refractivity contribution < 1.29 is 4.79 Å². The van der Waals surface area contributed by atoms with Crippen LogP contribution in [0.25, 0.3) is 0 Å². The van der Waals surface area contributed by atoms with Crippen LogP contribution in [0.2, 0.25) is 0 Å². The molecule has 1 aliphatic rings. The fourth-order valence-electron chi connectivity index (χ4n) is 3.48. The van der Waals surface area contributed by atoms with Gasteiger partial charge < -0.3 is 11.1 Å². The molecule has 3 unspecified atom stereocenters. The molecule has 3 atom stereocenters. The molecule has 2 rings (SSSR count). The smallest absolute Gasteiger partial charge is 0.228 e. The second-order valence-electron chi connectivity index (χ2n) is 7.06. The number of hydrogen-bond donors (Lipinski definition) is 2. The van der Waals surface area contributed by atoms with Crippen molar-refractivity contribution in [1.82, 2.24) is 9.78 Å². The van der Waals surface area contributed by atoms with Gasteiger partial charge in [-0.3, -0.25) is 9.48 Å². The van der Waals surface area contributed by atoms with E-state index in [1.54, 1.807) is 4.68 Å². The maximum Gasteiger partial charge on any atom is 0.228 e. The predicted octanol–water partition coefficient (Wildman–Crippen LogP) is 2.38. The van der Waals surface area contributed by atoms with Crippen LogP contribution in [0.5, 0.6) is 0 Å². The molecule has 1 fully saturated rings. The summed E-state index contributed by atoms with van der Waals surface area (Å²) in [5.74, 6) is 0.419. The minimum Gasteiger partial charge on any atom is -0.327 e. The summed E-state index contributed by atoms with van der Waals surface area (Å²) in [6, 6.07) is 0.186. The Kier molecular flexibility index (Phi) is 4.15. The fraction of sp³-hybridized carbons (Fsp3) is 0.750. The third-order valence-electron chi connectivity index (χ3n) is 5.58. The molecule has 0 bridgehead atoms. The summed E-state index contributed by atoms with van der Waals surface area (Å²) >= 11 is 0. The summed E-state index contributed by atoms with van der Waals surface area (Å²) in [6.45, 7) is 10.4. The molecule has 1 aromatic rings. The van der Waals surface area contributed by atoms with Gasteiger partial charge in [0.1, 0.15) is 0 Å². The number of hydrogen-bond acceptors (Lipinski definition) is 3. The van der Waals surface area contributed by atoms with Gasteiger partial charge in [0.25, 0.3) is 0 Å². The summed E-state index contributed by atoms with van der Waals surface area (Å²) in [5.41, 5.74) is 8.78. The van der Waals surface area contributed by atoms with Crippen LogP contribution in [-0.2, 0) is 11.8 Å². The molecule has 0 aromatic carbocycles. The minimum atomic E-state index is -0.0915. The first-order valence-corrected chi connectivity index (χ1v) is 7.73. The quantitative estimate of drug-likeness (QED) is 0.879. The first-order chi connectivity index (χ1) is 9.66. The normalized spacial score (nSPS) is 28.4. The first kappa shape index (κ1) is 16.0. The van der Waals surface area contributed by atoms with Gasteiger partial charge in [-0.25, -0.2) is 0 Å². The fourth-order valence-corrected chi connectivity index (χ4v) is 3.48. The van der Waals surface area contributed by atoms with E-state index in [0.29, 0.717) is 5.92 Å². The lowest BCUT2D eigenvalue weighted by atomic mass is 9.61. The van der Waals surface area contributed by atoms with Crippen molar-refractivity contribution in [3.63, 3.8) is 0 Å². The molecule has 1 amide bonds. The van der Waals surface area contributed by atoms with Crippen LogP contribution in [0.15, 0.2) is 0 Å². The van der Waals surface area contributed by atoms with Gasteiger partial charge in [0.15, 0.2) is 0 Å². The molecule has 21 heavy (non-hydrogen) atoms. The van der Waals surface area contributed by atoms with E-state index in [9.17, 15) is 4.79 Å². The Hall–Kier alpha value is -1.36. The summed E-state index contributed by atoms with van der Waals surface area (Å²) in [7, 11) is 1.89. The lowest BCUT2D eigenvalue weighted by Crippen LogP contribution is -2.50. The highest BCUT2D eigenvalue weighted by Crippen LogP contribution is 2.44. The Balaban J connectivity index is 2.20. The number of amides is 1. The van der Waals surface area contributed by atoms with Gasteiger partial charge in [-0.2, -0.15) is 5.10 Å². The molecule has 1 aromatic heterocycles. The highest BCUT2D eigenvalue weighted by Gasteiger charge is 2.45. The second-order valence-corrected chi connectivity index (χ2v) is 7.06. The highest BCUT2D eigenvalue weighted by atomic mass is 16.2. The van der Waals surface area contributed by atoms with E-state index in [1.165, 1.54) is 0 Å². The van der Waals surface area contributed by atoms with E-state index in [1.807, 2.05) is 20.9 Å². The number of aryl methyl sites for hydroxylation is 2. The molecular formula is C16H28N4O. The molecule has 1 saturated carbocycles. The topological polar surface area (TPSA) is 72.9 Å². The van der Waals surface area contributed by atoms with E-state index < -0.39 is 0 Å². The third-order valence-corrected chi connectivity index (χ3v) is 5.58. The number of rotatable bonds is 2. The summed E-state index contributed by atoms with van der Waals surface area (Å²) < 4.78 is 1.80. The summed E-state index contributed by atoms with van der Waals surface area (Å²) in [4.78, 5) is 12.8. The Morgan fingerprint density at radius 2 is 2.00 bits per heavy atom. The predicted molar refractivity (Wildman–Crippen MR) is 85.0 cm³/mol. The van der Waals surface area contributed by atoms with Crippen molar-refractivity contribution in [2.45, 2.75) is 53.5 Å². The van der Waals surface area contributed by atoms with Crippen molar-refractivity contribution in [2.24, 2.45) is 30.0 Å². The molecule has 3 N–H and O–H groups in total. The van der Waals surface area contributed by atoms with Gasteiger partial charge in [0.05, 0.1) is 17.1 Å². The Labute approximate surface area is 127 Å². The van der Waals surface area contributed by atoms with Crippen LogP contribution in [-0.4, -0.2) is 21.7 Å². The number of nitrogens with two attached hydrogens (primary N) is 1. The van der Waals surface area contributed by atoms with Crippen LogP contribution in [0, 0.1) is 31.1 Å². The lowest BCUT2D eigenvalue weighted by molar-refractivity contribution is -0.127. The van der Waals surface area contributed by atoms with Crippen molar-refractivity contribution >= 4 is 11.6 Å². The summed E-state index contributed by atoms with van der Waals surface area (Å²) in [5, 5.41) is 7.45. The Morgan fingerprint density at radius 1 is 1.38 bits per heavy atom. The van der Waals surface area contributed by atoms with Crippen LogP contribution in [0.4, 0.5) is 5.69 Å². The van der Waals surface area contributed by atoms with Crippen molar-refractivity contribution in [3.8, 4) is 0 Å². The number of nitrogens with one attached hydrogen (secondary N) is 1. The average molecular weight is 292 g/mol. The van der Waals surface area contributed by atoms with Gasteiger partial charge in [-0.15, -0.1) is 0 Å². The SMILES string of the molecule is Cc1nn(C)c(C)c1NC(=O)C1CCC(N)C(C)C1(C)C. The van der Waals surface area contributed by atoms with Gasteiger partial charge in [0, 0.05) is 19.0 Å². The minimum absolute atomic E-state index is 0.00805. The average Bonchev–Trinajstić information content (AvgIpc) is 2.62. The number of anilines is 1. The van der Waals surface area contributed by atoms with E-state index in [2.05, 4.69) is 31.2 Å². The molecule has 5 heteroatoms. The maximum absolute atomic E-state index is 12.8. The zero-order valence-electron chi connectivity index (χ0n) is 14.0. The number of carbonyl (C=O) groups excluding carboxylic acids is 1. The standard InChI is InChI=1S/C16H28N4O/c1-9-13(17)8-7-12(16(9,4)5)15(21)18-14-10(2)19-20(6)11(14)3/h9,12-13H,7-8,17H2,1-6H3,(H,18,21). The van der Waals surface area contributed by atoms with Crippen LogP contribution in [0.1, 0.15) is 45.0 Å². The maximum atomic E-state index is 12.8. The zero-order chi connectivity index (χ0) is 15.9. The van der Waals surface area contributed by atoms with Gasteiger partial charge >= 0.3 is 0 Å².